The highest BCUT2D eigenvalue weighted by molar-refractivity contribution is 5.80. The predicted octanol–water partition coefficient (Wildman–Crippen LogP) is 1.55. The molecule has 0 atom stereocenters. The average molecular weight is 213 g/mol. The Balaban J connectivity index is 2.28. The van der Waals surface area contributed by atoms with E-state index in [2.05, 4.69) is 15.2 Å². The van der Waals surface area contributed by atoms with E-state index in [0.717, 1.165) is 22.6 Å². The number of aromatic amines is 1. The minimum absolute atomic E-state index is 0.474. The Morgan fingerprint density at radius 2 is 2.12 bits per heavy atom. The number of imidazole rings is 1. The van der Waals surface area contributed by atoms with Crippen molar-refractivity contribution in [2.45, 2.75) is 0 Å². The summed E-state index contributed by atoms with van der Waals surface area (Å²) in [7, 11) is 1.97. The molecule has 0 aliphatic rings. The van der Waals surface area contributed by atoms with Crippen LogP contribution in [0.25, 0.3) is 22.6 Å². The van der Waals surface area contributed by atoms with Gasteiger partial charge in [-0.15, -0.1) is 0 Å². The predicted molar refractivity (Wildman–Crippen MR) is 62.7 cm³/mol. The molecule has 1 aromatic carbocycles. The summed E-state index contributed by atoms with van der Waals surface area (Å²) < 4.78 is 2.02. The molecule has 0 unspecified atom stereocenters. The van der Waals surface area contributed by atoms with Crippen molar-refractivity contribution in [2.24, 2.45) is 7.05 Å². The van der Waals surface area contributed by atoms with E-state index in [1.165, 1.54) is 0 Å². The Hall–Kier alpha value is -2.30. The van der Waals surface area contributed by atoms with E-state index >= 15 is 0 Å². The number of fused-ring (bicyclic) bond motifs is 1. The second-order valence-corrected chi connectivity index (χ2v) is 3.69. The van der Waals surface area contributed by atoms with Gasteiger partial charge >= 0.3 is 0 Å². The van der Waals surface area contributed by atoms with Gasteiger partial charge in [0.2, 0.25) is 0 Å². The molecule has 80 valence electrons. The first-order chi connectivity index (χ1) is 7.75. The standard InChI is InChI=1S/C11H11N5/c1-16-9-5-3-2-4-7(9)13-11(16)8-6-10(12)15-14-8/h2-6H,1H3,(H3,12,14,15). The zero-order chi connectivity index (χ0) is 11.1. The van der Waals surface area contributed by atoms with Gasteiger partial charge in [0.15, 0.2) is 5.82 Å². The monoisotopic (exact) mass is 213 g/mol. The van der Waals surface area contributed by atoms with Crippen molar-refractivity contribution in [2.75, 3.05) is 5.73 Å². The van der Waals surface area contributed by atoms with E-state index < -0.39 is 0 Å². The average Bonchev–Trinajstić information content (AvgIpc) is 2.84. The smallest absolute Gasteiger partial charge is 0.159 e. The lowest BCUT2D eigenvalue weighted by Crippen LogP contribution is -1.92. The Kier molecular flexibility index (Phi) is 1.73. The molecule has 0 aliphatic carbocycles. The first kappa shape index (κ1) is 8.96. The molecule has 2 heterocycles. The molecule has 0 saturated heterocycles. The van der Waals surface area contributed by atoms with Crippen LogP contribution >= 0.6 is 0 Å². The van der Waals surface area contributed by atoms with Crippen LogP contribution in [-0.4, -0.2) is 19.7 Å². The van der Waals surface area contributed by atoms with Crippen molar-refractivity contribution in [3.05, 3.63) is 30.3 Å². The van der Waals surface area contributed by atoms with Crippen LogP contribution in [0, 0.1) is 0 Å². The summed E-state index contributed by atoms with van der Waals surface area (Å²) in [5.41, 5.74) is 8.47. The van der Waals surface area contributed by atoms with Gasteiger partial charge < -0.3 is 10.3 Å². The number of nitrogens with one attached hydrogen (secondary N) is 1. The number of aromatic nitrogens is 4. The molecule has 5 heteroatoms. The molecule has 0 bridgehead atoms. The molecule has 0 saturated carbocycles. The maximum atomic E-state index is 5.58. The van der Waals surface area contributed by atoms with Gasteiger partial charge in [-0.1, -0.05) is 12.1 Å². The SMILES string of the molecule is Cn1c(-c2cc(N)n[nH]2)nc2ccccc21. The highest BCUT2D eigenvalue weighted by Crippen LogP contribution is 2.22. The normalized spacial score (nSPS) is 11.1. The summed E-state index contributed by atoms with van der Waals surface area (Å²) in [6.07, 6.45) is 0. The zero-order valence-electron chi connectivity index (χ0n) is 8.81. The van der Waals surface area contributed by atoms with Crippen molar-refractivity contribution >= 4 is 16.9 Å². The lowest BCUT2D eigenvalue weighted by atomic mass is 10.3. The molecule has 2 aromatic heterocycles. The molecule has 0 fully saturated rings. The van der Waals surface area contributed by atoms with E-state index in [9.17, 15) is 0 Å². The molecule has 3 rings (SSSR count). The highest BCUT2D eigenvalue weighted by Gasteiger charge is 2.10. The number of H-pyrrole nitrogens is 1. The third kappa shape index (κ3) is 1.18. The van der Waals surface area contributed by atoms with Crippen LogP contribution in [-0.2, 0) is 7.05 Å². The number of anilines is 1. The number of para-hydroxylation sites is 2. The van der Waals surface area contributed by atoms with Gasteiger partial charge in [-0.3, -0.25) is 5.10 Å². The van der Waals surface area contributed by atoms with Crippen molar-refractivity contribution in [1.29, 1.82) is 0 Å². The Morgan fingerprint density at radius 1 is 1.31 bits per heavy atom. The Morgan fingerprint density at radius 3 is 2.81 bits per heavy atom. The molecule has 3 aromatic rings. The van der Waals surface area contributed by atoms with Gasteiger partial charge in [-0.25, -0.2) is 4.98 Å². The van der Waals surface area contributed by atoms with Gasteiger partial charge in [0.05, 0.1) is 11.0 Å². The molecular weight excluding hydrogens is 202 g/mol. The Bertz CT molecular complexity index is 649. The highest BCUT2D eigenvalue weighted by atomic mass is 15.2. The largest absolute Gasteiger partial charge is 0.382 e. The number of hydrogen-bond donors (Lipinski definition) is 2. The fourth-order valence-electron chi connectivity index (χ4n) is 1.84. The van der Waals surface area contributed by atoms with Crippen LogP contribution < -0.4 is 5.73 Å². The topological polar surface area (TPSA) is 72.5 Å². The van der Waals surface area contributed by atoms with E-state index in [-0.39, 0.29) is 0 Å². The summed E-state index contributed by atoms with van der Waals surface area (Å²) >= 11 is 0. The molecule has 5 nitrogen and oxygen atoms in total. The summed E-state index contributed by atoms with van der Waals surface area (Å²) in [4.78, 5) is 4.53. The summed E-state index contributed by atoms with van der Waals surface area (Å²) in [6.45, 7) is 0. The quantitative estimate of drug-likeness (QED) is 0.644. The van der Waals surface area contributed by atoms with Crippen molar-refractivity contribution in [3.63, 3.8) is 0 Å². The first-order valence-electron chi connectivity index (χ1n) is 4.98. The Labute approximate surface area is 91.9 Å². The van der Waals surface area contributed by atoms with Crippen LogP contribution in [0.1, 0.15) is 0 Å². The second-order valence-electron chi connectivity index (χ2n) is 3.69. The number of aryl methyl sites for hydroxylation is 1. The summed E-state index contributed by atoms with van der Waals surface area (Å²) in [5.74, 6) is 1.31. The number of hydrogen-bond acceptors (Lipinski definition) is 3. The minimum atomic E-state index is 0.474. The van der Waals surface area contributed by atoms with Gasteiger partial charge in [0, 0.05) is 13.1 Å². The molecule has 16 heavy (non-hydrogen) atoms. The van der Waals surface area contributed by atoms with Gasteiger partial charge in [0.1, 0.15) is 11.5 Å². The number of rotatable bonds is 1. The third-order valence-corrected chi connectivity index (χ3v) is 2.63. The maximum Gasteiger partial charge on any atom is 0.159 e. The van der Waals surface area contributed by atoms with Crippen molar-refractivity contribution in [1.82, 2.24) is 19.7 Å². The molecular formula is C11H11N5. The minimum Gasteiger partial charge on any atom is -0.382 e. The summed E-state index contributed by atoms with van der Waals surface area (Å²) in [6, 6.07) is 9.76. The van der Waals surface area contributed by atoms with Crippen LogP contribution in [0.4, 0.5) is 5.82 Å². The van der Waals surface area contributed by atoms with Crippen molar-refractivity contribution < 1.29 is 0 Å². The fourth-order valence-corrected chi connectivity index (χ4v) is 1.84. The molecule has 0 amide bonds. The molecule has 0 radical (unpaired) electrons. The van der Waals surface area contributed by atoms with Crippen LogP contribution in [0.5, 0.6) is 0 Å². The van der Waals surface area contributed by atoms with Gasteiger partial charge in [-0.2, -0.15) is 5.10 Å². The number of nitrogens with two attached hydrogens (primary N) is 1. The number of nitrogen functional groups attached to an aromatic ring is 1. The van der Waals surface area contributed by atoms with Crippen LogP contribution in [0.3, 0.4) is 0 Å². The first-order valence-corrected chi connectivity index (χ1v) is 4.98. The summed E-state index contributed by atoms with van der Waals surface area (Å²) in [5, 5.41) is 6.77. The van der Waals surface area contributed by atoms with Crippen LogP contribution in [0.15, 0.2) is 30.3 Å². The fraction of sp³-hybridized carbons (Fsp3) is 0.0909. The van der Waals surface area contributed by atoms with E-state index in [4.69, 9.17) is 5.73 Å². The molecule has 3 N–H and O–H groups in total. The van der Waals surface area contributed by atoms with Gasteiger partial charge in [0.25, 0.3) is 0 Å². The van der Waals surface area contributed by atoms with E-state index in [1.807, 2.05) is 35.9 Å². The lowest BCUT2D eigenvalue weighted by Gasteiger charge is -1.98. The molecule has 0 spiro atoms. The zero-order valence-corrected chi connectivity index (χ0v) is 8.81. The van der Waals surface area contributed by atoms with E-state index in [1.54, 1.807) is 6.07 Å². The lowest BCUT2D eigenvalue weighted by molar-refractivity contribution is 0.944. The number of benzene rings is 1. The van der Waals surface area contributed by atoms with Crippen molar-refractivity contribution in [3.8, 4) is 11.5 Å². The third-order valence-electron chi connectivity index (χ3n) is 2.63. The van der Waals surface area contributed by atoms with Crippen LogP contribution in [0.2, 0.25) is 0 Å². The number of nitrogens with zero attached hydrogens (tertiary/aromatic N) is 3. The molecule has 0 aliphatic heterocycles. The maximum absolute atomic E-state index is 5.58. The second kappa shape index (κ2) is 3.10. The van der Waals surface area contributed by atoms with E-state index in [0.29, 0.717) is 5.82 Å². The van der Waals surface area contributed by atoms with Gasteiger partial charge in [-0.05, 0) is 12.1 Å².